The van der Waals surface area contributed by atoms with Gasteiger partial charge in [0.2, 0.25) is 5.91 Å². The number of aromatic nitrogens is 1. The van der Waals surface area contributed by atoms with Gasteiger partial charge in [0, 0.05) is 34.9 Å². The number of rotatable bonds is 6. The summed E-state index contributed by atoms with van der Waals surface area (Å²) in [6, 6.07) is 7.89. The number of hydrogen-bond donors (Lipinski definition) is 3. The van der Waals surface area contributed by atoms with E-state index in [0.717, 1.165) is 0 Å². The number of Topliss-reactive ketones (excluding diaryl/α,β-unsaturated/α-hetero) is 1. The summed E-state index contributed by atoms with van der Waals surface area (Å²) in [5.41, 5.74) is 0.735. The summed E-state index contributed by atoms with van der Waals surface area (Å²) in [4.78, 5) is 49.7. The Hall–Kier alpha value is -3.72. The molecular weight excluding hydrogens is 412 g/mol. The SMILES string of the molecule is CC(=O)c1c[nH]c2ccc(NC(=O)[C@H](C)Nc3ccc([N+](=O)[O-])cc3Cl)cc2c1=O. The molecule has 3 aromatic rings. The molecule has 30 heavy (non-hydrogen) atoms. The first kappa shape index (κ1) is 21.0. The van der Waals surface area contributed by atoms with Gasteiger partial charge in [-0.1, -0.05) is 11.6 Å². The zero-order valence-electron chi connectivity index (χ0n) is 16.0. The Labute approximate surface area is 175 Å². The van der Waals surface area contributed by atoms with Gasteiger partial charge in [0.25, 0.3) is 5.69 Å². The number of nitrogens with zero attached hydrogens (tertiary/aromatic N) is 1. The minimum Gasteiger partial charge on any atom is -0.373 e. The molecule has 0 unspecified atom stereocenters. The van der Waals surface area contributed by atoms with Crippen LogP contribution in [0.5, 0.6) is 0 Å². The predicted octanol–water partition coefficient (Wildman–Crippen LogP) is 3.73. The summed E-state index contributed by atoms with van der Waals surface area (Å²) < 4.78 is 0. The molecular formula is C20H17ClN4O5. The fraction of sp³-hybridized carbons (Fsp3) is 0.150. The van der Waals surface area contributed by atoms with Crippen molar-refractivity contribution in [3.63, 3.8) is 0 Å². The van der Waals surface area contributed by atoms with E-state index < -0.39 is 22.3 Å². The number of H-pyrrole nitrogens is 1. The number of nitro benzene ring substituents is 1. The molecule has 10 heteroatoms. The summed E-state index contributed by atoms with van der Waals surface area (Å²) in [6.07, 6.45) is 1.37. The number of pyridine rings is 1. The van der Waals surface area contributed by atoms with Gasteiger partial charge >= 0.3 is 0 Å². The third-order valence-corrected chi connectivity index (χ3v) is 4.77. The second kappa shape index (κ2) is 8.34. The van der Waals surface area contributed by atoms with E-state index in [0.29, 0.717) is 16.9 Å². The zero-order chi connectivity index (χ0) is 22.0. The van der Waals surface area contributed by atoms with Gasteiger partial charge in [0.05, 0.1) is 21.2 Å². The predicted molar refractivity (Wildman–Crippen MR) is 114 cm³/mol. The van der Waals surface area contributed by atoms with Crippen molar-refractivity contribution in [1.29, 1.82) is 0 Å². The number of carbonyl (C=O) groups is 2. The van der Waals surface area contributed by atoms with E-state index in [1.54, 1.807) is 19.1 Å². The topological polar surface area (TPSA) is 134 Å². The molecule has 0 radical (unpaired) electrons. The zero-order valence-corrected chi connectivity index (χ0v) is 16.7. The summed E-state index contributed by atoms with van der Waals surface area (Å²) in [6.45, 7) is 2.90. The summed E-state index contributed by atoms with van der Waals surface area (Å²) in [5.74, 6) is -0.770. The highest BCUT2D eigenvalue weighted by atomic mass is 35.5. The average molecular weight is 429 g/mol. The number of benzene rings is 2. The molecule has 1 aromatic heterocycles. The lowest BCUT2D eigenvalue weighted by atomic mass is 10.1. The van der Waals surface area contributed by atoms with Crippen molar-refractivity contribution in [2.45, 2.75) is 19.9 Å². The Morgan fingerprint density at radius 3 is 2.57 bits per heavy atom. The minimum atomic E-state index is -0.735. The van der Waals surface area contributed by atoms with Gasteiger partial charge in [-0.05, 0) is 38.1 Å². The number of ketones is 1. The molecule has 0 saturated carbocycles. The van der Waals surface area contributed by atoms with Crippen molar-refractivity contribution >= 4 is 51.3 Å². The van der Waals surface area contributed by atoms with E-state index >= 15 is 0 Å². The van der Waals surface area contributed by atoms with Gasteiger partial charge in [0.1, 0.15) is 6.04 Å². The first-order chi connectivity index (χ1) is 14.2. The summed E-state index contributed by atoms with van der Waals surface area (Å²) >= 11 is 6.04. The molecule has 9 nitrogen and oxygen atoms in total. The quantitative estimate of drug-likeness (QED) is 0.311. The highest BCUT2D eigenvalue weighted by Crippen LogP contribution is 2.27. The molecule has 1 heterocycles. The lowest BCUT2D eigenvalue weighted by Gasteiger charge is -2.16. The molecule has 0 aliphatic heterocycles. The second-order valence-corrected chi connectivity index (χ2v) is 7.03. The van der Waals surface area contributed by atoms with Crippen molar-refractivity contribution in [1.82, 2.24) is 4.98 Å². The van der Waals surface area contributed by atoms with Crippen LogP contribution in [0.15, 0.2) is 47.4 Å². The van der Waals surface area contributed by atoms with Gasteiger partial charge in [-0.2, -0.15) is 0 Å². The van der Waals surface area contributed by atoms with Crippen LogP contribution in [0.2, 0.25) is 5.02 Å². The smallest absolute Gasteiger partial charge is 0.271 e. The van der Waals surface area contributed by atoms with Gasteiger partial charge in [-0.15, -0.1) is 0 Å². The van der Waals surface area contributed by atoms with Gasteiger partial charge in [-0.25, -0.2) is 0 Å². The molecule has 0 spiro atoms. The highest BCUT2D eigenvalue weighted by molar-refractivity contribution is 6.33. The molecule has 3 N–H and O–H groups in total. The van der Waals surface area contributed by atoms with Crippen LogP contribution in [-0.4, -0.2) is 27.6 Å². The Kier molecular flexibility index (Phi) is 5.84. The van der Waals surface area contributed by atoms with Crippen LogP contribution >= 0.6 is 11.6 Å². The van der Waals surface area contributed by atoms with Crippen molar-refractivity contribution in [3.8, 4) is 0 Å². The fourth-order valence-electron chi connectivity index (χ4n) is 2.84. The third kappa shape index (κ3) is 4.31. The van der Waals surface area contributed by atoms with Crippen LogP contribution in [0.25, 0.3) is 10.9 Å². The van der Waals surface area contributed by atoms with Crippen molar-refractivity contribution in [3.05, 3.63) is 73.5 Å². The number of nitrogens with one attached hydrogen (secondary N) is 3. The van der Waals surface area contributed by atoms with Crippen molar-refractivity contribution in [2.24, 2.45) is 0 Å². The number of carbonyl (C=O) groups excluding carboxylic acids is 2. The average Bonchev–Trinajstić information content (AvgIpc) is 2.69. The Balaban J connectivity index is 1.79. The largest absolute Gasteiger partial charge is 0.373 e. The molecule has 0 aliphatic rings. The van der Waals surface area contributed by atoms with Crippen LogP contribution in [0.3, 0.4) is 0 Å². The van der Waals surface area contributed by atoms with E-state index in [1.165, 1.54) is 37.4 Å². The normalized spacial score (nSPS) is 11.7. The first-order valence-electron chi connectivity index (χ1n) is 8.85. The molecule has 0 bridgehead atoms. The fourth-order valence-corrected chi connectivity index (χ4v) is 3.07. The van der Waals surface area contributed by atoms with Gasteiger partial charge in [-0.3, -0.25) is 24.5 Å². The number of fused-ring (bicyclic) bond motifs is 1. The van der Waals surface area contributed by atoms with Crippen LogP contribution in [0.1, 0.15) is 24.2 Å². The Morgan fingerprint density at radius 1 is 1.20 bits per heavy atom. The maximum atomic E-state index is 12.5. The van der Waals surface area contributed by atoms with Crippen LogP contribution in [-0.2, 0) is 4.79 Å². The van der Waals surface area contributed by atoms with E-state index in [9.17, 15) is 24.5 Å². The lowest BCUT2D eigenvalue weighted by Crippen LogP contribution is -2.32. The number of non-ortho nitro benzene ring substituents is 1. The Morgan fingerprint density at radius 2 is 1.93 bits per heavy atom. The third-order valence-electron chi connectivity index (χ3n) is 4.46. The molecule has 1 atom stereocenters. The maximum Gasteiger partial charge on any atom is 0.271 e. The van der Waals surface area contributed by atoms with E-state index in [1.807, 2.05) is 0 Å². The van der Waals surface area contributed by atoms with E-state index in [-0.39, 0.29) is 27.4 Å². The van der Waals surface area contributed by atoms with Crippen molar-refractivity contribution < 1.29 is 14.5 Å². The summed E-state index contributed by atoms with van der Waals surface area (Å²) in [5, 5.41) is 16.8. The molecule has 154 valence electrons. The van der Waals surface area contributed by atoms with E-state index in [4.69, 9.17) is 11.6 Å². The first-order valence-corrected chi connectivity index (χ1v) is 9.23. The lowest BCUT2D eigenvalue weighted by molar-refractivity contribution is -0.384. The number of nitro groups is 1. The van der Waals surface area contributed by atoms with Gasteiger partial charge in [0.15, 0.2) is 11.2 Å². The molecule has 1 amide bonds. The monoisotopic (exact) mass is 428 g/mol. The van der Waals surface area contributed by atoms with E-state index in [2.05, 4.69) is 15.6 Å². The number of halogens is 1. The standard InChI is InChI=1S/C20H17ClN4O5/c1-10(23-18-6-4-13(25(29)30)8-16(18)21)20(28)24-12-3-5-17-14(7-12)19(27)15(9-22-17)11(2)26/h3-10,23H,1-2H3,(H,22,27)(H,24,28)/t10-/m0/s1. The number of amides is 1. The molecule has 0 saturated heterocycles. The van der Waals surface area contributed by atoms with Crippen LogP contribution < -0.4 is 16.1 Å². The van der Waals surface area contributed by atoms with Crippen LogP contribution in [0.4, 0.5) is 17.1 Å². The highest BCUT2D eigenvalue weighted by Gasteiger charge is 2.17. The molecule has 0 fully saturated rings. The molecule has 0 aliphatic carbocycles. The number of anilines is 2. The van der Waals surface area contributed by atoms with Gasteiger partial charge < -0.3 is 15.6 Å². The maximum absolute atomic E-state index is 12.5. The number of hydrogen-bond acceptors (Lipinski definition) is 6. The molecule has 3 rings (SSSR count). The second-order valence-electron chi connectivity index (χ2n) is 6.62. The minimum absolute atomic E-state index is 0.0359. The molecule has 2 aromatic carbocycles. The van der Waals surface area contributed by atoms with Crippen LogP contribution in [0, 0.1) is 10.1 Å². The summed E-state index contributed by atoms with van der Waals surface area (Å²) in [7, 11) is 0. The van der Waals surface area contributed by atoms with Crippen molar-refractivity contribution in [2.75, 3.05) is 10.6 Å². The number of aromatic amines is 1. The Bertz CT molecular complexity index is 1240.